The fourth-order valence-electron chi connectivity index (χ4n) is 2.02. The van der Waals surface area contributed by atoms with Crippen molar-refractivity contribution in [3.05, 3.63) is 28.0 Å². The number of carboxylic acid groups (broad SMARTS) is 1. The summed E-state index contributed by atoms with van der Waals surface area (Å²) in [5.74, 6) is 0.199. The van der Waals surface area contributed by atoms with Crippen LogP contribution in [0, 0.1) is 0 Å². The average molecular weight is 301 g/mol. The van der Waals surface area contributed by atoms with Crippen LogP contribution in [0.5, 0.6) is 0 Å². The lowest BCUT2D eigenvalue weighted by molar-refractivity contribution is -0.137. The van der Waals surface area contributed by atoms with Gasteiger partial charge in [-0.15, -0.1) is 0 Å². The number of aliphatic carboxylic acids is 1. The minimum absolute atomic E-state index is 0.0470. The molecule has 0 unspecified atom stereocenters. The lowest BCUT2D eigenvalue weighted by Crippen LogP contribution is -2.09. The second kappa shape index (κ2) is 5.39. The standard InChI is InChI=1S/C13H14Cl2N2O2/c1-7(2)13-16-10-5-8(14)9(15)6-11(10)17(13)4-3-12(18)19/h5-7H,3-4H2,1-2H3,(H,18,19). The highest BCUT2D eigenvalue weighted by atomic mass is 35.5. The molecule has 6 heteroatoms. The summed E-state index contributed by atoms with van der Waals surface area (Å²) in [5.41, 5.74) is 1.56. The Hall–Kier alpha value is -1.26. The van der Waals surface area contributed by atoms with Gasteiger partial charge in [0.05, 0.1) is 27.5 Å². The van der Waals surface area contributed by atoms with Crippen LogP contribution in [0.3, 0.4) is 0 Å². The second-order valence-corrected chi connectivity index (χ2v) is 5.49. The molecule has 1 heterocycles. The lowest BCUT2D eigenvalue weighted by atomic mass is 10.2. The molecule has 102 valence electrons. The van der Waals surface area contributed by atoms with E-state index in [2.05, 4.69) is 4.98 Å². The van der Waals surface area contributed by atoms with Crippen molar-refractivity contribution in [1.29, 1.82) is 0 Å². The van der Waals surface area contributed by atoms with Crippen LogP contribution in [-0.4, -0.2) is 20.6 Å². The van der Waals surface area contributed by atoms with Gasteiger partial charge in [0.1, 0.15) is 5.82 Å². The molecular weight excluding hydrogens is 287 g/mol. The Morgan fingerprint density at radius 3 is 2.58 bits per heavy atom. The SMILES string of the molecule is CC(C)c1nc2cc(Cl)c(Cl)cc2n1CCC(=O)O. The number of nitrogens with zero attached hydrogens (tertiary/aromatic N) is 2. The minimum atomic E-state index is -0.836. The molecule has 0 saturated heterocycles. The summed E-state index contributed by atoms with van der Waals surface area (Å²) in [6.45, 7) is 4.40. The van der Waals surface area contributed by atoms with E-state index in [0.717, 1.165) is 16.9 Å². The first kappa shape index (κ1) is 14.2. The maximum absolute atomic E-state index is 10.8. The molecule has 0 aliphatic carbocycles. The maximum atomic E-state index is 10.8. The fraction of sp³-hybridized carbons (Fsp3) is 0.385. The molecular formula is C13H14Cl2N2O2. The molecule has 0 aliphatic heterocycles. The van der Waals surface area contributed by atoms with E-state index in [1.165, 1.54) is 0 Å². The van der Waals surface area contributed by atoms with Crippen LogP contribution in [0.25, 0.3) is 11.0 Å². The van der Waals surface area contributed by atoms with Crippen LogP contribution < -0.4 is 0 Å². The van der Waals surface area contributed by atoms with Gasteiger partial charge in [-0.05, 0) is 12.1 Å². The zero-order valence-corrected chi connectivity index (χ0v) is 12.2. The van der Waals surface area contributed by atoms with E-state index in [4.69, 9.17) is 28.3 Å². The number of imidazole rings is 1. The van der Waals surface area contributed by atoms with Crippen molar-refractivity contribution in [2.75, 3.05) is 0 Å². The summed E-state index contributed by atoms with van der Waals surface area (Å²) in [7, 11) is 0. The Balaban J connectivity index is 2.58. The third kappa shape index (κ3) is 2.85. The van der Waals surface area contributed by atoms with Crippen molar-refractivity contribution in [3.63, 3.8) is 0 Å². The third-order valence-corrected chi connectivity index (χ3v) is 3.61. The Kier molecular flexibility index (Phi) is 4.02. The van der Waals surface area contributed by atoms with Gasteiger partial charge in [-0.1, -0.05) is 37.0 Å². The van der Waals surface area contributed by atoms with Crippen molar-refractivity contribution in [1.82, 2.24) is 9.55 Å². The van der Waals surface area contributed by atoms with Crippen LogP contribution in [-0.2, 0) is 11.3 Å². The highest BCUT2D eigenvalue weighted by molar-refractivity contribution is 6.42. The average Bonchev–Trinajstić information content (AvgIpc) is 2.65. The van der Waals surface area contributed by atoms with Crippen molar-refractivity contribution < 1.29 is 9.90 Å². The van der Waals surface area contributed by atoms with Gasteiger partial charge in [-0.25, -0.2) is 4.98 Å². The summed E-state index contributed by atoms with van der Waals surface area (Å²) in [6.07, 6.45) is 0.0470. The number of carbonyl (C=O) groups is 1. The largest absolute Gasteiger partial charge is 0.481 e. The third-order valence-electron chi connectivity index (χ3n) is 2.89. The predicted octanol–water partition coefficient (Wildman–Crippen LogP) is 3.94. The lowest BCUT2D eigenvalue weighted by Gasteiger charge is -2.10. The first-order valence-corrected chi connectivity index (χ1v) is 6.72. The number of rotatable bonds is 4. The smallest absolute Gasteiger partial charge is 0.305 e. The first-order valence-electron chi connectivity index (χ1n) is 5.97. The minimum Gasteiger partial charge on any atom is -0.481 e. The molecule has 2 aromatic rings. The van der Waals surface area contributed by atoms with Gasteiger partial charge >= 0.3 is 5.97 Å². The Labute approximate surface area is 121 Å². The molecule has 0 amide bonds. The zero-order valence-electron chi connectivity index (χ0n) is 10.7. The zero-order chi connectivity index (χ0) is 14.2. The fourth-order valence-corrected chi connectivity index (χ4v) is 2.34. The highest BCUT2D eigenvalue weighted by Gasteiger charge is 2.16. The molecule has 0 fully saturated rings. The van der Waals surface area contributed by atoms with Crippen LogP contribution in [0.15, 0.2) is 12.1 Å². The van der Waals surface area contributed by atoms with Gasteiger partial charge in [0.25, 0.3) is 0 Å². The molecule has 1 aromatic carbocycles. The van der Waals surface area contributed by atoms with Gasteiger partial charge in [-0.2, -0.15) is 0 Å². The quantitative estimate of drug-likeness (QED) is 0.930. The topological polar surface area (TPSA) is 55.1 Å². The number of carboxylic acids is 1. The van der Waals surface area contributed by atoms with E-state index < -0.39 is 5.97 Å². The highest BCUT2D eigenvalue weighted by Crippen LogP contribution is 2.30. The number of aryl methyl sites for hydroxylation is 1. The summed E-state index contributed by atoms with van der Waals surface area (Å²) in [5, 5.41) is 9.73. The molecule has 1 aromatic heterocycles. The monoisotopic (exact) mass is 300 g/mol. The molecule has 2 rings (SSSR count). The van der Waals surface area contributed by atoms with Crippen LogP contribution in [0.1, 0.15) is 32.0 Å². The van der Waals surface area contributed by atoms with Gasteiger partial charge in [0, 0.05) is 12.5 Å². The Morgan fingerprint density at radius 1 is 1.37 bits per heavy atom. The summed E-state index contributed by atoms with van der Waals surface area (Å²) in [4.78, 5) is 15.3. The van der Waals surface area contributed by atoms with E-state index >= 15 is 0 Å². The van der Waals surface area contributed by atoms with Crippen molar-refractivity contribution >= 4 is 40.2 Å². The molecule has 1 N–H and O–H groups in total. The molecule has 0 aliphatic rings. The number of hydrogen-bond acceptors (Lipinski definition) is 2. The summed E-state index contributed by atoms with van der Waals surface area (Å²) < 4.78 is 1.90. The molecule has 0 saturated carbocycles. The molecule has 0 radical (unpaired) electrons. The number of halogens is 2. The normalized spacial score (nSPS) is 11.4. The van der Waals surface area contributed by atoms with E-state index in [-0.39, 0.29) is 12.3 Å². The molecule has 0 bridgehead atoms. The number of fused-ring (bicyclic) bond motifs is 1. The first-order chi connectivity index (χ1) is 8.90. The van der Waals surface area contributed by atoms with Crippen molar-refractivity contribution in [2.45, 2.75) is 32.7 Å². The van der Waals surface area contributed by atoms with Crippen LogP contribution in [0.2, 0.25) is 10.0 Å². The summed E-state index contributed by atoms with van der Waals surface area (Å²) >= 11 is 12.0. The van der Waals surface area contributed by atoms with Crippen LogP contribution in [0.4, 0.5) is 0 Å². The van der Waals surface area contributed by atoms with Gasteiger partial charge in [-0.3, -0.25) is 4.79 Å². The van der Waals surface area contributed by atoms with Crippen molar-refractivity contribution in [3.8, 4) is 0 Å². The second-order valence-electron chi connectivity index (χ2n) is 4.68. The van der Waals surface area contributed by atoms with Crippen molar-refractivity contribution in [2.24, 2.45) is 0 Å². The molecule has 0 spiro atoms. The van der Waals surface area contributed by atoms with E-state index in [1.54, 1.807) is 12.1 Å². The molecule has 4 nitrogen and oxygen atoms in total. The van der Waals surface area contributed by atoms with Gasteiger partial charge < -0.3 is 9.67 Å². The summed E-state index contributed by atoms with van der Waals surface area (Å²) in [6, 6.07) is 3.45. The van der Waals surface area contributed by atoms with E-state index in [9.17, 15) is 4.79 Å². The van der Waals surface area contributed by atoms with Gasteiger partial charge in [0.2, 0.25) is 0 Å². The Morgan fingerprint density at radius 2 is 2.00 bits per heavy atom. The number of benzene rings is 1. The predicted molar refractivity (Wildman–Crippen MR) is 76.1 cm³/mol. The number of aromatic nitrogens is 2. The maximum Gasteiger partial charge on any atom is 0.305 e. The van der Waals surface area contributed by atoms with Gasteiger partial charge in [0.15, 0.2) is 0 Å². The number of hydrogen-bond donors (Lipinski definition) is 1. The van der Waals surface area contributed by atoms with E-state index in [0.29, 0.717) is 16.6 Å². The Bertz CT molecular complexity index is 635. The molecule has 0 atom stereocenters. The van der Waals surface area contributed by atoms with Crippen LogP contribution >= 0.6 is 23.2 Å². The van der Waals surface area contributed by atoms with E-state index in [1.807, 2.05) is 18.4 Å². The molecule has 19 heavy (non-hydrogen) atoms.